The fourth-order valence-corrected chi connectivity index (χ4v) is 5.13. The van der Waals surface area contributed by atoms with Gasteiger partial charge in [0.2, 0.25) is 10.0 Å². The molecule has 0 radical (unpaired) electrons. The minimum atomic E-state index is -3.51. The Morgan fingerprint density at radius 1 is 1.00 bits per heavy atom. The van der Waals surface area contributed by atoms with Gasteiger partial charge in [-0.05, 0) is 74.1 Å². The average molecular weight is 417 g/mol. The molecule has 0 amide bonds. The molecule has 1 aliphatic rings. The van der Waals surface area contributed by atoms with Gasteiger partial charge >= 0.3 is 0 Å². The van der Waals surface area contributed by atoms with Crippen molar-refractivity contribution in [2.24, 2.45) is 0 Å². The lowest BCUT2D eigenvalue weighted by Crippen LogP contribution is -2.25. The van der Waals surface area contributed by atoms with Crippen LogP contribution < -0.4 is 14.4 Å². The second-order valence-corrected chi connectivity index (χ2v) is 9.44. The van der Waals surface area contributed by atoms with E-state index in [1.807, 2.05) is 0 Å². The molecule has 2 aromatic carbocycles. The number of nitrogens with one attached hydrogen (secondary N) is 1. The molecule has 1 N–H and O–H groups in total. The molecular weight excluding hydrogens is 384 g/mol. The van der Waals surface area contributed by atoms with Gasteiger partial charge in [-0.3, -0.25) is 0 Å². The topological polar surface area (TPSA) is 58.6 Å². The number of ether oxygens (including phenoxy) is 1. The van der Waals surface area contributed by atoms with Crippen molar-refractivity contribution in [3.63, 3.8) is 0 Å². The van der Waals surface area contributed by atoms with Crippen molar-refractivity contribution in [3.8, 4) is 5.75 Å². The minimum Gasteiger partial charge on any atom is -0.497 e. The van der Waals surface area contributed by atoms with Crippen molar-refractivity contribution in [1.29, 1.82) is 0 Å². The van der Waals surface area contributed by atoms with E-state index in [-0.39, 0.29) is 0 Å². The van der Waals surface area contributed by atoms with Crippen molar-refractivity contribution < 1.29 is 13.2 Å². The predicted molar refractivity (Wildman–Crippen MR) is 118 cm³/mol. The zero-order valence-electron chi connectivity index (χ0n) is 17.5. The summed E-state index contributed by atoms with van der Waals surface area (Å²) in [6, 6.07) is 13.7. The Hall–Kier alpha value is -2.05. The van der Waals surface area contributed by atoms with Crippen LogP contribution in [-0.2, 0) is 16.4 Å². The Bertz CT molecular complexity index is 887. The Balaban J connectivity index is 1.49. The number of rotatable bonds is 8. The summed E-state index contributed by atoms with van der Waals surface area (Å²) < 4.78 is 33.0. The molecule has 5 nitrogen and oxygen atoms in total. The summed E-state index contributed by atoms with van der Waals surface area (Å²) in [5, 5.41) is 0. The molecule has 29 heavy (non-hydrogen) atoms. The normalized spacial score (nSPS) is 15.2. The quantitative estimate of drug-likeness (QED) is 0.652. The molecule has 0 unspecified atom stereocenters. The van der Waals surface area contributed by atoms with Crippen molar-refractivity contribution in [1.82, 2.24) is 4.72 Å². The van der Waals surface area contributed by atoms with Gasteiger partial charge in [-0.15, -0.1) is 0 Å². The number of sulfonamides is 1. The van der Waals surface area contributed by atoms with E-state index in [1.54, 1.807) is 32.2 Å². The van der Waals surface area contributed by atoms with Crippen LogP contribution in [0.5, 0.6) is 5.75 Å². The van der Waals surface area contributed by atoms with Crippen LogP contribution in [0, 0.1) is 6.92 Å². The zero-order valence-corrected chi connectivity index (χ0v) is 18.3. The second-order valence-electron chi connectivity index (χ2n) is 7.70. The Kier molecular flexibility index (Phi) is 7.56. The van der Waals surface area contributed by atoms with E-state index in [0.717, 1.165) is 25.9 Å². The molecule has 0 saturated carbocycles. The largest absolute Gasteiger partial charge is 0.497 e. The summed E-state index contributed by atoms with van der Waals surface area (Å²) >= 11 is 0. The lowest BCUT2D eigenvalue weighted by atomic mass is 10.1. The molecule has 1 heterocycles. The molecule has 2 aromatic rings. The van der Waals surface area contributed by atoms with Crippen LogP contribution in [0.15, 0.2) is 47.4 Å². The third-order valence-corrected chi connectivity index (χ3v) is 7.13. The van der Waals surface area contributed by atoms with E-state index < -0.39 is 10.0 Å². The molecular formula is C23H32N2O3S. The summed E-state index contributed by atoms with van der Waals surface area (Å²) in [7, 11) is -1.94. The molecule has 0 aromatic heterocycles. The number of anilines is 1. The van der Waals surface area contributed by atoms with E-state index >= 15 is 0 Å². The molecule has 6 heteroatoms. The molecule has 1 saturated heterocycles. The first-order valence-corrected chi connectivity index (χ1v) is 12.0. The van der Waals surface area contributed by atoms with E-state index in [0.29, 0.717) is 22.8 Å². The molecule has 3 rings (SSSR count). The lowest BCUT2D eigenvalue weighted by molar-refractivity contribution is 0.414. The maximum Gasteiger partial charge on any atom is 0.240 e. The van der Waals surface area contributed by atoms with Crippen molar-refractivity contribution in [2.75, 3.05) is 31.6 Å². The standard InChI is InChI=1S/C23H32N2O3S/c1-19-18-22(28-2)13-14-23(19)29(26,27)24-15-7-8-20-9-11-21(12-10-20)25-16-5-3-4-6-17-25/h9-14,18,24H,3-8,15-17H2,1-2H3. The number of aryl methyl sites for hydroxylation is 2. The maximum absolute atomic E-state index is 12.6. The summed E-state index contributed by atoms with van der Waals surface area (Å²) in [5.74, 6) is 0.657. The van der Waals surface area contributed by atoms with Crippen LogP contribution in [0.2, 0.25) is 0 Å². The fraction of sp³-hybridized carbons (Fsp3) is 0.478. The molecule has 0 atom stereocenters. The monoisotopic (exact) mass is 416 g/mol. The van der Waals surface area contributed by atoms with Gasteiger partial charge in [0, 0.05) is 25.3 Å². The molecule has 1 fully saturated rings. The average Bonchev–Trinajstić information content (AvgIpc) is 3.01. The summed E-state index contributed by atoms with van der Waals surface area (Å²) in [5.41, 5.74) is 3.22. The zero-order chi connectivity index (χ0) is 20.7. The van der Waals surface area contributed by atoms with Crippen LogP contribution in [0.1, 0.15) is 43.2 Å². The minimum absolute atomic E-state index is 0.306. The van der Waals surface area contributed by atoms with Gasteiger partial charge in [0.1, 0.15) is 5.75 Å². The van der Waals surface area contributed by atoms with E-state index in [4.69, 9.17) is 4.74 Å². The Labute approximate surface area is 175 Å². The first-order chi connectivity index (χ1) is 14.0. The number of methoxy groups -OCH3 is 1. The summed E-state index contributed by atoms with van der Waals surface area (Å²) in [4.78, 5) is 2.78. The van der Waals surface area contributed by atoms with Gasteiger partial charge in [0.15, 0.2) is 0 Å². The lowest BCUT2D eigenvalue weighted by Gasteiger charge is -2.22. The highest BCUT2D eigenvalue weighted by Crippen LogP contribution is 2.22. The first kappa shape index (κ1) is 21.7. The third kappa shape index (κ3) is 5.97. The first-order valence-electron chi connectivity index (χ1n) is 10.5. The smallest absolute Gasteiger partial charge is 0.240 e. The molecule has 158 valence electrons. The van der Waals surface area contributed by atoms with Gasteiger partial charge in [0.05, 0.1) is 12.0 Å². The van der Waals surface area contributed by atoms with Crippen molar-refractivity contribution >= 4 is 15.7 Å². The van der Waals surface area contributed by atoms with E-state index in [1.165, 1.54) is 36.9 Å². The van der Waals surface area contributed by atoms with Crippen molar-refractivity contribution in [2.45, 2.75) is 50.3 Å². The highest BCUT2D eigenvalue weighted by Gasteiger charge is 2.16. The number of benzene rings is 2. The van der Waals surface area contributed by atoms with Crippen LogP contribution in [0.3, 0.4) is 0 Å². The van der Waals surface area contributed by atoms with Crippen LogP contribution >= 0.6 is 0 Å². The van der Waals surface area contributed by atoms with Crippen LogP contribution in [-0.4, -0.2) is 35.2 Å². The van der Waals surface area contributed by atoms with Crippen molar-refractivity contribution in [3.05, 3.63) is 53.6 Å². The fourth-order valence-electron chi connectivity index (χ4n) is 3.83. The van der Waals surface area contributed by atoms with Gasteiger partial charge in [-0.1, -0.05) is 25.0 Å². The van der Waals surface area contributed by atoms with Gasteiger partial charge < -0.3 is 9.64 Å². The number of nitrogens with zero attached hydrogens (tertiary/aromatic N) is 1. The van der Waals surface area contributed by atoms with Crippen LogP contribution in [0.25, 0.3) is 0 Å². The molecule has 0 bridgehead atoms. The molecule has 0 aliphatic carbocycles. The Morgan fingerprint density at radius 2 is 1.69 bits per heavy atom. The molecule has 1 aliphatic heterocycles. The Morgan fingerprint density at radius 3 is 2.31 bits per heavy atom. The van der Waals surface area contributed by atoms with E-state index in [9.17, 15) is 8.42 Å². The third-order valence-electron chi connectivity index (χ3n) is 5.51. The van der Waals surface area contributed by atoms with Gasteiger partial charge in [-0.2, -0.15) is 0 Å². The SMILES string of the molecule is COc1ccc(S(=O)(=O)NCCCc2ccc(N3CCCCCC3)cc2)c(C)c1. The van der Waals surface area contributed by atoms with Gasteiger partial charge in [-0.25, -0.2) is 13.1 Å². The van der Waals surface area contributed by atoms with Gasteiger partial charge in [0.25, 0.3) is 0 Å². The van der Waals surface area contributed by atoms with E-state index in [2.05, 4.69) is 33.9 Å². The number of hydrogen-bond acceptors (Lipinski definition) is 4. The summed E-state index contributed by atoms with van der Waals surface area (Å²) in [6.07, 6.45) is 6.83. The predicted octanol–water partition coefficient (Wildman–Crippen LogP) is 4.30. The maximum atomic E-state index is 12.6. The highest BCUT2D eigenvalue weighted by molar-refractivity contribution is 7.89. The van der Waals surface area contributed by atoms with Crippen LogP contribution in [0.4, 0.5) is 5.69 Å². The summed E-state index contributed by atoms with van der Waals surface area (Å²) in [6.45, 7) is 4.49. The second kappa shape index (κ2) is 10.1. The highest BCUT2D eigenvalue weighted by atomic mass is 32.2. The molecule has 0 spiro atoms. The number of hydrogen-bond donors (Lipinski definition) is 1.